The topological polar surface area (TPSA) is 52.0 Å². The first-order valence-corrected chi connectivity index (χ1v) is 8.47. The number of nitrogens with one attached hydrogen (secondary N) is 1. The van der Waals surface area contributed by atoms with Crippen LogP contribution in [-0.4, -0.2) is 27.7 Å². The summed E-state index contributed by atoms with van der Waals surface area (Å²) in [5.41, 5.74) is 2.34. The van der Waals surface area contributed by atoms with Gasteiger partial charge in [0.2, 0.25) is 0 Å². The van der Waals surface area contributed by atoms with Gasteiger partial charge in [0.1, 0.15) is 11.9 Å². The van der Waals surface area contributed by atoms with Crippen molar-refractivity contribution >= 4 is 0 Å². The lowest BCUT2D eigenvalue weighted by Crippen LogP contribution is -2.28. The molecule has 0 spiro atoms. The Morgan fingerprint density at radius 1 is 1.39 bits per heavy atom. The highest BCUT2D eigenvalue weighted by Crippen LogP contribution is 2.33. The molecule has 0 radical (unpaired) electrons. The standard InChI is InChI=1S/C18H26N4O/c1-4-22-9-8-20-18(22)17-15(6-10-23-17)12-21-14(3)16-11-13(2)5-7-19-16/h5,7-9,11,14-15,17,21H,4,6,10,12H2,1-3H3/t14?,15-,17+/m0/s1. The highest BCUT2D eigenvalue weighted by molar-refractivity contribution is 5.16. The van der Waals surface area contributed by atoms with Crippen LogP contribution < -0.4 is 5.32 Å². The van der Waals surface area contributed by atoms with Crippen LogP contribution >= 0.6 is 0 Å². The zero-order chi connectivity index (χ0) is 16.2. The zero-order valence-corrected chi connectivity index (χ0v) is 14.2. The molecule has 0 amide bonds. The Balaban J connectivity index is 1.63. The van der Waals surface area contributed by atoms with Gasteiger partial charge in [-0.2, -0.15) is 0 Å². The molecule has 3 atom stereocenters. The molecule has 0 aromatic carbocycles. The van der Waals surface area contributed by atoms with Crippen LogP contribution in [0.5, 0.6) is 0 Å². The summed E-state index contributed by atoms with van der Waals surface area (Å²) in [6.07, 6.45) is 6.94. The van der Waals surface area contributed by atoms with Crippen molar-refractivity contribution in [3.8, 4) is 0 Å². The summed E-state index contributed by atoms with van der Waals surface area (Å²) in [7, 11) is 0. The number of nitrogens with zero attached hydrogens (tertiary/aromatic N) is 3. The van der Waals surface area contributed by atoms with Crippen molar-refractivity contribution in [3.05, 3.63) is 47.8 Å². The van der Waals surface area contributed by atoms with E-state index in [2.05, 4.69) is 46.7 Å². The van der Waals surface area contributed by atoms with Crippen LogP contribution in [-0.2, 0) is 11.3 Å². The van der Waals surface area contributed by atoms with Crippen molar-refractivity contribution in [2.45, 2.75) is 45.9 Å². The third kappa shape index (κ3) is 3.62. The molecule has 2 aromatic heterocycles. The van der Waals surface area contributed by atoms with E-state index in [0.29, 0.717) is 5.92 Å². The second-order valence-corrected chi connectivity index (χ2v) is 6.30. The van der Waals surface area contributed by atoms with Gasteiger partial charge in [0.15, 0.2) is 0 Å². The number of aromatic nitrogens is 3. The van der Waals surface area contributed by atoms with E-state index < -0.39 is 0 Å². The molecule has 1 aliphatic heterocycles. The smallest absolute Gasteiger partial charge is 0.138 e. The number of hydrogen-bond donors (Lipinski definition) is 1. The first kappa shape index (κ1) is 16.1. The Kier molecular flexibility index (Phi) is 5.08. The number of aryl methyl sites for hydroxylation is 2. The van der Waals surface area contributed by atoms with Crippen LogP contribution in [0.2, 0.25) is 0 Å². The number of rotatable bonds is 6. The predicted octanol–water partition coefficient (Wildman–Crippen LogP) is 3.03. The SMILES string of the molecule is CCn1ccnc1[C@@H]1OCC[C@H]1CNC(C)c1cc(C)ccn1. The molecular formula is C18H26N4O. The normalized spacial score (nSPS) is 22.4. The van der Waals surface area contributed by atoms with Gasteiger partial charge in [-0.25, -0.2) is 4.98 Å². The maximum Gasteiger partial charge on any atom is 0.138 e. The van der Waals surface area contributed by atoms with Crippen LogP contribution in [0.15, 0.2) is 30.7 Å². The largest absolute Gasteiger partial charge is 0.370 e. The Bertz CT molecular complexity index is 639. The van der Waals surface area contributed by atoms with Gasteiger partial charge in [0.25, 0.3) is 0 Å². The van der Waals surface area contributed by atoms with E-state index in [1.807, 2.05) is 24.7 Å². The Labute approximate surface area is 138 Å². The maximum absolute atomic E-state index is 5.97. The molecule has 5 nitrogen and oxygen atoms in total. The first-order chi connectivity index (χ1) is 11.2. The minimum absolute atomic E-state index is 0.0927. The summed E-state index contributed by atoms with van der Waals surface area (Å²) in [6.45, 7) is 9.06. The Morgan fingerprint density at radius 2 is 2.26 bits per heavy atom. The van der Waals surface area contributed by atoms with Gasteiger partial charge in [-0.15, -0.1) is 0 Å². The van der Waals surface area contributed by atoms with Crippen LogP contribution in [0, 0.1) is 12.8 Å². The predicted molar refractivity (Wildman–Crippen MR) is 90.1 cm³/mol. The number of ether oxygens (including phenoxy) is 1. The summed E-state index contributed by atoms with van der Waals surface area (Å²) < 4.78 is 8.15. The molecule has 1 N–H and O–H groups in total. The maximum atomic E-state index is 5.97. The summed E-state index contributed by atoms with van der Waals surface area (Å²) in [5.74, 6) is 1.51. The van der Waals surface area contributed by atoms with Crippen LogP contribution in [0.4, 0.5) is 0 Å². The van der Waals surface area contributed by atoms with E-state index in [1.165, 1.54) is 5.56 Å². The van der Waals surface area contributed by atoms with E-state index in [-0.39, 0.29) is 12.1 Å². The average molecular weight is 314 g/mol. The van der Waals surface area contributed by atoms with Gasteiger partial charge in [-0.05, 0) is 44.9 Å². The lowest BCUT2D eigenvalue weighted by molar-refractivity contribution is 0.0798. The second-order valence-electron chi connectivity index (χ2n) is 6.30. The third-order valence-electron chi connectivity index (χ3n) is 4.62. The van der Waals surface area contributed by atoms with E-state index in [1.54, 1.807) is 0 Å². The molecule has 0 aliphatic carbocycles. The van der Waals surface area contributed by atoms with Crippen molar-refractivity contribution in [1.82, 2.24) is 19.9 Å². The van der Waals surface area contributed by atoms with Crippen molar-refractivity contribution in [3.63, 3.8) is 0 Å². The number of pyridine rings is 1. The van der Waals surface area contributed by atoms with Gasteiger partial charge < -0.3 is 14.6 Å². The highest BCUT2D eigenvalue weighted by atomic mass is 16.5. The second kappa shape index (κ2) is 7.23. The van der Waals surface area contributed by atoms with Gasteiger partial charge in [-0.1, -0.05) is 0 Å². The molecule has 5 heteroatoms. The fraction of sp³-hybridized carbons (Fsp3) is 0.556. The van der Waals surface area contributed by atoms with E-state index in [9.17, 15) is 0 Å². The highest BCUT2D eigenvalue weighted by Gasteiger charge is 2.32. The van der Waals surface area contributed by atoms with Crippen LogP contribution in [0.25, 0.3) is 0 Å². The van der Waals surface area contributed by atoms with E-state index in [0.717, 1.165) is 37.6 Å². The molecule has 23 heavy (non-hydrogen) atoms. The van der Waals surface area contributed by atoms with Crippen molar-refractivity contribution in [1.29, 1.82) is 0 Å². The number of hydrogen-bond acceptors (Lipinski definition) is 4. The molecule has 0 saturated carbocycles. The zero-order valence-electron chi connectivity index (χ0n) is 14.2. The lowest BCUT2D eigenvalue weighted by Gasteiger charge is -2.22. The monoisotopic (exact) mass is 314 g/mol. The summed E-state index contributed by atoms with van der Waals surface area (Å²) in [6, 6.07) is 4.41. The molecule has 2 aromatic rings. The molecule has 3 rings (SSSR count). The van der Waals surface area contributed by atoms with Gasteiger partial charge in [-0.3, -0.25) is 4.98 Å². The van der Waals surface area contributed by atoms with Crippen LogP contribution in [0.1, 0.15) is 49.5 Å². The van der Waals surface area contributed by atoms with Crippen LogP contribution in [0.3, 0.4) is 0 Å². The molecule has 1 fully saturated rings. The summed E-state index contributed by atoms with van der Waals surface area (Å²) in [5, 5.41) is 3.62. The quantitative estimate of drug-likeness (QED) is 0.890. The summed E-state index contributed by atoms with van der Waals surface area (Å²) in [4.78, 5) is 8.98. The minimum atomic E-state index is 0.0927. The van der Waals surface area contributed by atoms with E-state index >= 15 is 0 Å². The summed E-state index contributed by atoms with van der Waals surface area (Å²) >= 11 is 0. The molecule has 124 valence electrons. The van der Waals surface area contributed by atoms with E-state index in [4.69, 9.17) is 4.74 Å². The number of imidazole rings is 1. The Hall–Kier alpha value is -1.72. The lowest BCUT2D eigenvalue weighted by atomic mass is 10.00. The molecule has 3 heterocycles. The molecule has 0 bridgehead atoms. The fourth-order valence-corrected chi connectivity index (χ4v) is 3.20. The fourth-order valence-electron chi connectivity index (χ4n) is 3.20. The first-order valence-electron chi connectivity index (χ1n) is 8.47. The third-order valence-corrected chi connectivity index (χ3v) is 4.62. The Morgan fingerprint density at radius 3 is 3.04 bits per heavy atom. The molecule has 1 unspecified atom stereocenters. The van der Waals surface area contributed by atoms with Crippen molar-refractivity contribution in [2.75, 3.05) is 13.2 Å². The van der Waals surface area contributed by atoms with Crippen molar-refractivity contribution in [2.24, 2.45) is 5.92 Å². The average Bonchev–Trinajstić information content (AvgIpc) is 3.20. The minimum Gasteiger partial charge on any atom is -0.370 e. The molecular weight excluding hydrogens is 288 g/mol. The van der Waals surface area contributed by atoms with Gasteiger partial charge >= 0.3 is 0 Å². The molecule has 1 saturated heterocycles. The molecule has 1 aliphatic rings. The van der Waals surface area contributed by atoms with Gasteiger partial charge in [0, 0.05) is 50.2 Å². The van der Waals surface area contributed by atoms with Crippen molar-refractivity contribution < 1.29 is 4.74 Å². The van der Waals surface area contributed by atoms with Gasteiger partial charge in [0.05, 0.1) is 5.69 Å².